The van der Waals surface area contributed by atoms with E-state index in [1.165, 1.54) is 0 Å². The summed E-state index contributed by atoms with van der Waals surface area (Å²) in [5, 5.41) is 20.9. The molecule has 0 amide bonds. The van der Waals surface area contributed by atoms with Crippen LogP contribution in [0.4, 0.5) is 0 Å². The zero-order chi connectivity index (χ0) is 8.73. The monoisotopic (exact) mass is 149 g/mol. The van der Waals surface area contributed by atoms with E-state index in [1.807, 2.05) is 0 Å². The molecular formula is C3H7N3O4. The van der Waals surface area contributed by atoms with Crippen LogP contribution in [0.15, 0.2) is 0 Å². The minimum Gasteiger partial charge on any atom is -0.539 e. The number of hydrogen-bond donors (Lipinski definition) is 4. The highest BCUT2D eigenvalue weighted by atomic mass is 16.4. The highest BCUT2D eigenvalue weighted by molar-refractivity contribution is 6.26. The van der Waals surface area contributed by atoms with Gasteiger partial charge in [-0.05, 0) is 0 Å². The van der Waals surface area contributed by atoms with Gasteiger partial charge in [-0.15, -0.1) is 0 Å². The van der Waals surface area contributed by atoms with Crippen molar-refractivity contribution in [2.45, 2.75) is 0 Å². The molecule has 0 saturated carbocycles. The first-order chi connectivity index (χ1) is 4.37. The largest absolute Gasteiger partial charge is 0.539 e. The predicted molar refractivity (Wildman–Crippen MR) is 28.0 cm³/mol. The Morgan fingerprint density at radius 1 is 1.40 bits per heavy atom. The molecule has 0 radical (unpaired) electrons. The second kappa shape index (κ2) is 5.35. The van der Waals surface area contributed by atoms with E-state index in [2.05, 4.69) is 16.9 Å². The number of nitrogens with two attached hydrogens (primary N) is 3. The number of carbonyl (C=O) groups is 2. The summed E-state index contributed by atoms with van der Waals surface area (Å²) in [5.74, 6) is -4.09. The van der Waals surface area contributed by atoms with Gasteiger partial charge < -0.3 is 15.0 Å². The third-order valence-electron chi connectivity index (χ3n) is 0.175. The lowest BCUT2D eigenvalue weighted by atomic mass is 10.7. The lowest BCUT2D eigenvalue weighted by molar-refractivity contribution is -0.303. The molecule has 0 aliphatic carbocycles. The van der Waals surface area contributed by atoms with E-state index >= 15 is 0 Å². The van der Waals surface area contributed by atoms with Gasteiger partial charge >= 0.3 is 11.9 Å². The smallest absolute Gasteiger partial charge is 0.351 e. The number of carboxylic acid groups (broad SMARTS) is 2. The number of carbonyl (C=O) groups excluding carboxylic acids is 1. The number of guanidine groups is 1. The van der Waals surface area contributed by atoms with Crippen molar-refractivity contribution in [3.8, 4) is 0 Å². The molecule has 0 fully saturated rings. The molecule has 7 N–H and O–H groups in total. The van der Waals surface area contributed by atoms with Crippen molar-refractivity contribution in [1.82, 2.24) is 0 Å². The van der Waals surface area contributed by atoms with Crippen molar-refractivity contribution in [2.24, 2.45) is 11.5 Å². The van der Waals surface area contributed by atoms with Crippen LogP contribution in [0.2, 0.25) is 0 Å². The van der Waals surface area contributed by atoms with Gasteiger partial charge in [-0.1, -0.05) is 0 Å². The van der Waals surface area contributed by atoms with E-state index < -0.39 is 11.9 Å². The van der Waals surface area contributed by atoms with Crippen molar-refractivity contribution in [3.05, 3.63) is 0 Å². The topological polar surface area (TPSA) is 155 Å². The van der Waals surface area contributed by atoms with Gasteiger partial charge in [-0.3, -0.25) is 16.9 Å². The van der Waals surface area contributed by atoms with Crippen LogP contribution in [0.5, 0.6) is 0 Å². The fourth-order valence-electron chi connectivity index (χ4n) is 0. The molecule has 0 rings (SSSR count). The molecule has 0 bridgehead atoms. The zero-order valence-electron chi connectivity index (χ0n) is 4.90. The predicted octanol–water partition coefficient (Wildman–Crippen LogP) is -5.16. The van der Waals surface area contributed by atoms with Crippen LogP contribution in [0, 0.1) is 0 Å². The molecule has 0 aliphatic rings. The van der Waals surface area contributed by atoms with Crippen LogP contribution in [-0.4, -0.2) is 23.0 Å². The van der Waals surface area contributed by atoms with Gasteiger partial charge in [0.2, 0.25) is 0 Å². The number of aliphatic carboxylic acids is 2. The van der Waals surface area contributed by atoms with Gasteiger partial charge in [-0.25, -0.2) is 4.79 Å². The molecule has 0 aromatic rings. The Balaban J connectivity index is 0. The Morgan fingerprint density at radius 2 is 1.50 bits per heavy atom. The molecule has 0 heterocycles. The Kier molecular flexibility index (Phi) is 5.92. The van der Waals surface area contributed by atoms with E-state index in [0.29, 0.717) is 0 Å². The SMILES string of the molecule is NC(N)=[NH2+].O=C([O-])C(=O)O. The fourth-order valence-corrected chi connectivity index (χ4v) is 0. The third-order valence-corrected chi connectivity index (χ3v) is 0.175. The van der Waals surface area contributed by atoms with Crippen molar-refractivity contribution in [2.75, 3.05) is 0 Å². The minimum absolute atomic E-state index is 0.0833. The molecular weight excluding hydrogens is 142 g/mol. The first kappa shape index (κ1) is 11.1. The lowest BCUT2D eigenvalue weighted by Crippen LogP contribution is -2.51. The molecule has 0 atom stereocenters. The molecule has 0 spiro atoms. The number of rotatable bonds is 0. The molecule has 10 heavy (non-hydrogen) atoms. The van der Waals surface area contributed by atoms with Crippen molar-refractivity contribution in [1.29, 1.82) is 0 Å². The third kappa shape index (κ3) is 34.5. The summed E-state index contributed by atoms with van der Waals surface area (Å²) < 4.78 is 0. The van der Waals surface area contributed by atoms with Crippen LogP contribution in [0.3, 0.4) is 0 Å². The Bertz CT molecular complexity index is 138. The van der Waals surface area contributed by atoms with Gasteiger partial charge in [0.25, 0.3) is 0 Å². The van der Waals surface area contributed by atoms with E-state index in [0.717, 1.165) is 0 Å². The summed E-state index contributed by atoms with van der Waals surface area (Å²) in [6.07, 6.45) is 0. The van der Waals surface area contributed by atoms with E-state index in [1.54, 1.807) is 0 Å². The van der Waals surface area contributed by atoms with Gasteiger partial charge in [-0.2, -0.15) is 0 Å². The average Bonchev–Trinajstić information content (AvgIpc) is 1.63. The Labute approximate surface area is 55.8 Å². The maximum absolute atomic E-state index is 9.04. The summed E-state index contributed by atoms with van der Waals surface area (Å²) in [6.45, 7) is 0. The molecule has 0 aliphatic heterocycles. The maximum Gasteiger partial charge on any atom is 0.351 e. The minimum atomic E-state index is -2.07. The summed E-state index contributed by atoms with van der Waals surface area (Å²) >= 11 is 0. The van der Waals surface area contributed by atoms with Gasteiger partial charge in [0.15, 0.2) is 5.97 Å². The molecule has 7 heteroatoms. The van der Waals surface area contributed by atoms with Gasteiger partial charge in [0, 0.05) is 0 Å². The van der Waals surface area contributed by atoms with Crippen molar-refractivity contribution in [3.63, 3.8) is 0 Å². The summed E-state index contributed by atoms with van der Waals surface area (Å²) in [7, 11) is 0. The molecule has 0 unspecified atom stereocenters. The highest BCUT2D eigenvalue weighted by Crippen LogP contribution is 1.49. The normalized spacial score (nSPS) is 6.80. The van der Waals surface area contributed by atoms with Crippen LogP contribution in [0.25, 0.3) is 0 Å². The second-order valence-corrected chi connectivity index (χ2v) is 1.09. The Hall–Kier alpha value is -1.79. The molecule has 0 aromatic carbocycles. The average molecular weight is 149 g/mol. The number of carboxylic acids is 2. The summed E-state index contributed by atoms with van der Waals surface area (Å²) in [4.78, 5) is 18.0. The van der Waals surface area contributed by atoms with Gasteiger partial charge in [0.1, 0.15) is 0 Å². The summed E-state index contributed by atoms with van der Waals surface area (Å²) in [5.41, 5.74) is 9.17. The molecule has 0 saturated heterocycles. The van der Waals surface area contributed by atoms with Gasteiger partial charge in [0.05, 0.1) is 0 Å². The second-order valence-electron chi connectivity index (χ2n) is 1.09. The maximum atomic E-state index is 9.04. The summed E-state index contributed by atoms with van der Waals surface area (Å²) in [6, 6.07) is 0. The Morgan fingerprint density at radius 3 is 1.50 bits per heavy atom. The molecule has 7 nitrogen and oxygen atoms in total. The first-order valence-electron chi connectivity index (χ1n) is 1.95. The van der Waals surface area contributed by atoms with Crippen LogP contribution in [-0.2, 0) is 9.59 Å². The van der Waals surface area contributed by atoms with E-state index in [4.69, 9.17) is 19.8 Å². The van der Waals surface area contributed by atoms with Crippen molar-refractivity contribution < 1.29 is 25.2 Å². The lowest BCUT2D eigenvalue weighted by Gasteiger charge is -1.85. The van der Waals surface area contributed by atoms with E-state index in [9.17, 15) is 0 Å². The van der Waals surface area contributed by atoms with Crippen LogP contribution < -0.4 is 22.0 Å². The van der Waals surface area contributed by atoms with Crippen molar-refractivity contribution >= 4 is 17.9 Å². The standard InChI is InChI=1S/C2H2O4.CH5N3/c3-1(4)2(5)6;2-1(3)4/h(H,3,4)(H,5,6);(H5,2,3,4). The highest BCUT2D eigenvalue weighted by Gasteiger charge is 1.90. The molecule has 0 aromatic heterocycles. The molecule has 58 valence electrons. The quantitative estimate of drug-likeness (QED) is 0.153. The fraction of sp³-hybridized carbons (Fsp3) is 0. The van der Waals surface area contributed by atoms with E-state index in [-0.39, 0.29) is 5.96 Å². The van der Waals surface area contributed by atoms with Crippen LogP contribution >= 0.6 is 0 Å². The number of hydrogen-bond acceptors (Lipinski definition) is 3. The first-order valence-corrected chi connectivity index (χ1v) is 1.95. The zero-order valence-corrected chi connectivity index (χ0v) is 4.90. The van der Waals surface area contributed by atoms with Crippen LogP contribution in [0.1, 0.15) is 0 Å².